The third kappa shape index (κ3) is 4.16. The molecule has 0 fully saturated rings. The summed E-state index contributed by atoms with van der Waals surface area (Å²) in [4.78, 5) is 24.2. The van der Waals surface area contributed by atoms with Gasteiger partial charge in [-0.3, -0.25) is 4.79 Å². The SMILES string of the molecule is Cc1cc(F)cc(C(=O)OCCC(=O)N(C)C)c1. The number of halogens is 1. The van der Waals surface area contributed by atoms with E-state index in [1.807, 2.05) is 0 Å². The van der Waals surface area contributed by atoms with Crippen molar-refractivity contribution in [3.63, 3.8) is 0 Å². The van der Waals surface area contributed by atoms with Gasteiger partial charge in [-0.2, -0.15) is 0 Å². The van der Waals surface area contributed by atoms with Crippen LogP contribution >= 0.6 is 0 Å². The average molecular weight is 253 g/mol. The topological polar surface area (TPSA) is 46.6 Å². The summed E-state index contributed by atoms with van der Waals surface area (Å²) < 4.78 is 18.0. The summed E-state index contributed by atoms with van der Waals surface area (Å²) in [6.45, 7) is 1.68. The lowest BCUT2D eigenvalue weighted by atomic mass is 10.1. The highest BCUT2D eigenvalue weighted by atomic mass is 19.1. The molecule has 0 aliphatic carbocycles. The van der Waals surface area contributed by atoms with Gasteiger partial charge in [0.05, 0.1) is 12.0 Å². The monoisotopic (exact) mass is 253 g/mol. The molecule has 0 spiro atoms. The van der Waals surface area contributed by atoms with Crippen LogP contribution in [0, 0.1) is 12.7 Å². The number of rotatable bonds is 4. The molecule has 0 aliphatic heterocycles. The Hall–Kier alpha value is -1.91. The molecule has 0 unspecified atom stereocenters. The highest BCUT2D eigenvalue weighted by molar-refractivity contribution is 5.89. The number of hydrogen-bond donors (Lipinski definition) is 0. The lowest BCUT2D eigenvalue weighted by Crippen LogP contribution is -2.23. The third-order valence-electron chi connectivity index (χ3n) is 2.33. The van der Waals surface area contributed by atoms with Gasteiger partial charge in [0.15, 0.2) is 0 Å². The number of carbonyl (C=O) groups is 2. The van der Waals surface area contributed by atoms with E-state index in [9.17, 15) is 14.0 Å². The molecule has 1 rings (SSSR count). The third-order valence-corrected chi connectivity index (χ3v) is 2.33. The Morgan fingerprint density at radius 3 is 2.50 bits per heavy atom. The van der Waals surface area contributed by atoms with Crippen LogP contribution in [0.3, 0.4) is 0 Å². The zero-order chi connectivity index (χ0) is 13.7. The van der Waals surface area contributed by atoms with Gasteiger partial charge in [0.25, 0.3) is 0 Å². The molecular weight excluding hydrogens is 237 g/mol. The standard InChI is InChI=1S/C13H16FNO3/c1-9-6-10(8-11(14)7-9)13(17)18-5-4-12(16)15(2)3/h6-8H,4-5H2,1-3H3. The lowest BCUT2D eigenvalue weighted by Gasteiger charge is -2.10. The smallest absolute Gasteiger partial charge is 0.338 e. The Morgan fingerprint density at radius 2 is 1.94 bits per heavy atom. The first kappa shape index (κ1) is 14.2. The van der Waals surface area contributed by atoms with Crippen LogP contribution in [0.1, 0.15) is 22.3 Å². The zero-order valence-electron chi connectivity index (χ0n) is 10.7. The summed E-state index contributed by atoms with van der Waals surface area (Å²) in [6, 6.07) is 3.98. The Balaban J connectivity index is 2.53. The van der Waals surface area contributed by atoms with Crippen molar-refractivity contribution in [1.29, 1.82) is 0 Å². The van der Waals surface area contributed by atoms with E-state index >= 15 is 0 Å². The minimum atomic E-state index is -0.621. The number of ether oxygens (including phenoxy) is 1. The average Bonchev–Trinajstić information content (AvgIpc) is 2.27. The summed E-state index contributed by atoms with van der Waals surface area (Å²) in [7, 11) is 3.25. The molecule has 1 aromatic rings. The van der Waals surface area contributed by atoms with Crippen LogP contribution in [0.5, 0.6) is 0 Å². The molecule has 5 heteroatoms. The maximum atomic E-state index is 13.1. The predicted molar refractivity (Wildman–Crippen MR) is 64.7 cm³/mol. The molecule has 0 heterocycles. The van der Waals surface area contributed by atoms with Crippen LogP contribution < -0.4 is 0 Å². The Morgan fingerprint density at radius 1 is 1.28 bits per heavy atom. The van der Waals surface area contributed by atoms with E-state index in [0.29, 0.717) is 5.56 Å². The van der Waals surface area contributed by atoms with Crippen LogP contribution in [-0.4, -0.2) is 37.5 Å². The second kappa shape index (κ2) is 6.14. The van der Waals surface area contributed by atoms with E-state index in [-0.39, 0.29) is 24.5 Å². The van der Waals surface area contributed by atoms with Crippen molar-refractivity contribution in [2.24, 2.45) is 0 Å². The van der Waals surface area contributed by atoms with Gasteiger partial charge >= 0.3 is 5.97 Å². The molecule has 18 heavy (non-hydrogen) atoms. The highest BCUT2D eigenvalue weighted by Gasteiger charge is 2.11. The Bertz CT molecular complexity index is 437. The minimum Gasteiger partial charge on any atom is -0.462 e. The molecule has 0 bridgehead atoms. The van der Waals surface area contributed by atoms with Crippen molar-refractivity contribution in [2.75, 3.05) is 20.7 Å². The van der Waals surface area contributed by atoms with Crippen LogP contribution in [-0.2, 0) is 9.53 Å². The van der Waals surface area contributed by atoms with Gasteiger partial charge in [0.2, 0.25) is 5.91 Å². The van der Waals surface area contributed by atoms with E-state index in [0.717, 1.165) is 6.07 Å². The Kier molecular flexibility index (Phi) is 4.83. The minimum absolute atomic E-state index is 0.00852. The van der Waals surface area contributed by atoms with Gasteiger partial charge < -0.3 is 9.64 Å². The molecule has 1 aromatic carbocycles. The molecular formula is C13H16FNO3. The largest absolute Gasteiger partial charge is 0.462 e. The maximum absolute atomic E-state index is 13.1. The molecule has 0 atom stereocenters. The van der Waals surface area contributed by atoms with Gasteiger partial charge in [0.1, 0.15) is 12.4 Å². The summed E-state index contributed by atoms with van der Waals surface area (Å²) in [5, 5.41) is 0. The van der Waals surface area contributed by atoms with Gasteiger partial charge in [-0.05, 0) is 30.7 Å². The fourth-order valence-corrected chi connectivity index (χ4v) is 1.39. The molecule has 0 saturated carbocycles. The number of esters is 1. The van der Waals surface area contributed by atoms with Gasteiger partial charge in [-0.1, -0.05) is 0 Å². The maximum Gasteiger partial charge on any atom is 0.338 e. The second-order valence-corrected chi connectivity index (χ2v) is 4.19. The number of amides is 1. The van der Waals surface area contributed by atoms with Gasteiger partial charge in [-0.25, -0.2) is 9.18 Å². The van der Waals surface area contributed by atoms with E-state index < -0.39 is 11.8 Å². The van der Waals surface area contributed by atoms with Gasteiger partial charge in [0, 0.05) is 14.1 Å². The second-order valence-electron chi connectivity index (χ2n) is 4.19. The molecule has 4 nitrogen and oxygen atoms in total. The first-order valence-corrected chi connectivity index (χ1v) is 5.54. The van der Waals surface area contributed by atoms with E-state index in [4.69, 9.17) is 4.74 Å². The van der Waals surface area contributed by atoms with Crippen molar-refractivity contribution >= 4 is 11.9 Å². The van der Waals surface area contributed by atoms with Crippen molar-refractivity contribution in [1.82, 2.24) is 4.90 Å². The fourth-order valence-electron chi connectivity index (χ4n) is 1.39. The normalized spacial score (nSPS) is 10.0. The molecule has 0 radical (unpaired) electrons. The van der Waals surface area contributed by atoms with E-state index in [2.05, 4.69) is 0 Å². The highest BCUT2D eigenvalue weighted by Crippen LogP contribution is 2.09. The summed E-state index contributed by atoms with van der Waals surface area (Å²) in [5.74, 6) is -1.23. The van der Waals surface area contributed by atoms with Crippen molar-refractivity contribution in [2.45, 2.75) is 13.3 Å². The molecule has 0 N–H and O–H groups in total. The van der Waals surface area contributed by atoms with E-state index in [1.54, 1.807) is 27.1 Å². The molecule has 98 valence electrons. The summed E-state index contributed by atoms with van der Waals surface area (Å²) in [5.41, 5.74) is 0.802. The molecule has 1 amide bonds. The quantitative estimate of drug-likeness (QED) is 0.768. The summed E-state index contributed by atoms with van der Waals surface area (Å²) in [6.07, 6.45) is 0.118. The van der Waals surface area contributed by atoms with Crippen LogP contribution in [0.25, 0.3) is 0 Å². The number of carbonyl (C=O) groups excluding carboxylic acids is 2. The number of hydrogen-bond acceptors (Lipinski definition) is 3. The van der Waals surface area contributed by atoms with Crippen molar-refractivity contribution in [3.8, 4) is 0 Å². The lowest BCUT2D eigenvalue weighted by molar-refractivity contribution is -0.129. The van der Waals surface area contributed by atoms with Gasteiger partial charge in [-0.15, -0.1) is 0 Å². The first-order chi connectivity index (χ1) is 8.40. The molecule has 0 aromatic heterocycles. The predicted octanol–water partition coefficient (Wildman–Crippen LogP) is 1.77. The van der Waals surface area contributed by atoms with Crippen LogP contribution in [0.4, 0.5) is 4.39 Å². The van der Waals surface area contributed by atoms with E-state index in [1.165, 1.54) is 11.0 Å². The van der Waals surface area contributed by atoms with Crippen LogP contribution in [0.15, 0.2) is 18.2 Å². The number of aryl methyl sites for hydroxylation is 1. The fraction of sp³-hybridized carbons (Fsp3) is 0.385. The molecule has 0 saturated heterocycles. The Labute approximate surface area is 105 Å². The molecule has 0 aliphatic rings. The van der Waals surface area contributed by atoms with Crippen molar-refractivity contribution in [3.05, 3.63) is 35.1 Å². The number of nitrogens with zero attached hydrogens (tertiary/aromatic N) is 1. The van der Waals surface area contributed by atoms with Crippen LogP contribution in [0.2, 0.25) is 0 Å². The first-order valence-electron chi connectivity index (χ1n) is 5.54. The zero-order valence-corrected chi connectivity index (χ0v) is 10.7. The number of benzene rings is 1. The van der Waals surface area contributed by atoms with Crippen molar-refractivity contribution < 1.29 is 18.7 Å². The summed E-state index contributed by atoms with van der Waals surface area (Å²) >= 11 is 0.